The van der Waals surface area contributed by atoms with E-state index >= 15 is 0 Å². The van der Waals surface area contributed by atoms with Crippen LogP contribution in [0.25, 0.3) is 16.7 Å². The zero-order valence-electron chi connectivity index (χ0n) is 16.7. The maximum atomic E-state index is 12.7. The maximum Gasteiger partial charge on any atom is 0.416 e. The van der Waals surface area contributed by atoms with Crippen LogP contribution in [0.1, 0.15) is 15.9 Å². The van der Waals surface area contributed by atoms with Gasteiger partial charge in [-0.05, 0) is 48.5 Å². The number of aromatic nitrogens is 4. The van der Waals surface area contributed by atoms with Crippen molar-refractivity contribution in [2.45, 2.75) is 6.18 Å². The van der Waals surface area contributed by atoms with E-state index in [2.05, 4.69) is 20.5 Å². The highest BCUT2D eigenvalue weighted by atomic mass is 19.4. The van der Waals surface area contributed by atoms with Crippen LogP contribution < -0.4 is 10.1 Å². The molecule has 7 nitrogen and oxygen atoms in total. The third-order valence-electron chi connectivity index (χ3n) is 4.88. The Balaban J connectivity index is 1.39. The first-order valence-electron chi connectivity index (χ1n) is 9.73. The average molecular weight is 449 g/mol. The Kier molecular flexibility index (Phi) is 4.89. The number of alkyl halides is 3. The summed E-state index contributed by atoms with van der Waals surface area (Å²) in [6, 6.07) is 18.0. The Hall–Kier alpha value is -4.47. The molecule has 3 aromatic carbocycles. The highest BCUT2D eigenvalue weighted by Crippen LogP contribution is 2.30. The van der Waals surface area contributed by atoms with Crippen molar-refractivity contribution in [3.63, 3.8) is 0 Å². The Bertz CT molecular complexity index is 1480. The van der Waals surface area contributed by atoms with Gasteiger partial charge in [-0.2, -0.15) is 13.2 Å². The summed E-state index contributed by atoms with van der Waals surface area (Å²) in [5.74, 6) is 0.0647. The van der Waals surface area contributed by atoms with E-state index < -0.39 is 17.6 Å². The Morgan fingerprint density at radius 3 is 2.55 bits per heavy atom. The summed E-state index contributed by atoms with van der Waals surface area (Å²) in [5, 5.41) is 10.7. The van der Waals surface area contributed by atoms with Gasteiger partial charge in [0.05, 0.1) is 16.6 Å². The van der Waals surface area contributed by atoms with Gasteiger partial charge in [0, 0.05) is 17.3 Å². The summed E-state index contributed by atoms with van der Waals surface area (Å²) in [6.45, 7) is 0. The zero-order chi connectivity index (χ0) is 23.0. The number of nitrogens with zero attached hydrogens (tertiary/aromatic N) is 4. The van der Waals surface area contributed by atoms with Gasteiger partial charge in [-0.15, -0.1) is 10.2 Å². The first-order chi connectivity index (χ1) is 15.9. The second-order valence-electron chi connectivity index (χ2n) is 7.09. The summed E-state index contributed by atoms with van der Waals surface area (Å²) in [4.78, 5) is 17.0. The van der Waals surface area contributed by atoms with Gasteiger partial charge in [0.1, 0.15) is 12.1 Å². The minimum atomic E-state index is -4.47. The molecule has 2 aromatic heterocycles. The molecule has 33 heavy (non-hydrogen) atoms. The van der Waals surface area contributed by atoms with Crippen LogP contribution in [0.5, 0.6) is 11.6 Å². The summed E-state index contributed by atoms with van der Waals surface area (Å²) in [5.41, 5.74) is 1.60. The number of benzene rings is 3. The van der Waals surface area contributed by atoms with Gasteiger partial charge in [-0.3, -0.25) is 9.20 Å². The van der Waals surface area contributed by atoms with Gasteiger partial charge < -0.3 is 10.1 Å². The van der Waals surface area contributed by atoms with Crippen molar-refractivity contribution in [1.82, 2.24) is 19.6 Å². The predicted molar refractivity (Wildman–Crippen MR) is 114 cm³/mol. The molecule has 0 saturated carbocycles. The molecule has 0 fully saturated rings. The predicted octanol–water partition coefficient (Wildman–Crippen LogP) is 5.34. The van der Waals surface area contributed by atoms with E-state index in [9.17, 15) is 18.0 Å². The number of hydrogen-bond donors (Lipinski definition) is 1. The van der Waals surface area contributed by atoms with Gasteiger partial charge >= 0.3 is 6.18 Å². The molecule has 0 aliphatic rings. The second-order valence-corrected chi connectivity index (χ2v) is 7.09. The number of carbonyl (C=O) groups excluding carboxylic acids is 1. The number of nitrogens with one attached hydrogen (secondary N) is 1. The number of halogens is 3. The molecule has 10 heteroatoms. The molecule has 0 unspecified atom stereocenters. The standard InChI is InChI=1S/C23H14F3N5O2/c24-23(25,26)15-10-8-14(9-11-15)21(32)28-16-4-3-5-17(12-16)33-22-20-30-27-13-31(20)19-7-2-1-6-18(19)29-22/h1-13H,(H,28,32). The third-order valence-corrected chi connectivity index (χ3v) is 4.88. The molecule has 1 N–H and O–H groups in total. The number of hydrogen-bond acceptors (Lipinski definition) is 5. The fourth-order valence-electron chi connectivity index (χ4n) is 3.31. The molecule has 0 radical (unpaired) electrons. The van der Waals surface area contributed by atoms with Crippen LogP contribution in [0, 0.1) is 0 Å². The van der Waals surface area contributed by atoms with Gasteiger partial charge in [0.15, 0.2) is 0 Å². The number of para-hydroxylation sites is 2. The number of anilines is 1. The quantitative estimate of drug-likeness (QED) is 0.401. The van der Waals surface area contributed by atoms with Crippen LogP contribution in [0.2, 0.25) is 0 Å². The number of ether oxygens (including phenoxy) is 1. The molecule has 0 spiro atoms. The molecule has 0 aliphatic carbocycles. The minimum absolute atomic E-state index is 0.0932. The van der Waals surface area contributed by atoms with E-state index in [1.807, 2.05) is 24.3 Å². The normalized spacial score (nSPS) is 11.6. The largest absolute Gasteiger partial charge is 0.436 e. The average Bonchev–Trinajstić information content (AvgIpc) is 3.30. The highest BCUT2D eigenvalue weighted by molar-refractivity contribution is 6.04. The lowest BCUT2D eigenvalue weighted by atomic mass is 10.1. The van der Waals surface area contributed by atoms with Crippen LogP contribution >= 0.6 is 0 Å². The van der Waals surface area contributed by atoms with Gasteiger partial charge in [-0.1, -0.05) is 18.2 Å². The summed E-state index contributed by atoms with van der Waals surface area (Å²) in [7, 11) is 0. The van der Waals surface area contributed by atoms with Crippen molar-refractivity contribution < 1.29 is 22.7 Å². The van der Waals surface area contributed by atoms with Crippen LogP contribution in [-0.2, 0) is 6.18 Å². The molecule has 0 bridgehead atoms. The molecule has 164 valence electrons. The Morgan fingerprint density at radius 1 is 0.970 bits per heavy atom. The zero-order valence-corrected chi connectivity index (χ0v) is 16.7. The summed E-state index contributed by atoms with van der Waals surface area (Å²) in [6.07, 6.45) is -2.90. The van der Waals surface area contributed by atoms with Gasteiger partial charge in [0.25, 0.3) is 11.8 Å². The van der Waals surface area contributed by atoms with Gasteiger partial charge in [0.2, 0.25) is 5.65 Å². The molecular formula is C23H14F3N5O2. The first-order valence-corrected chi connectivity index (χ1v) is 9.73. The number of amides is 1. The molecule has 0 saturated heterocycles. The maximum absolute atomic E-state index is 12.7. The van der Waals surface area contributed by atoms with Crippen molar-refractivity contribution in [1.29, 1.82) is 0 Å². The fourth-order valence-corrected chi connectivity index (χ4v) is 3.31. The number of fused-ring (bicyclic) bond motifs is 3. The van der Waals surface area contributed by atoms with Crippen molar-refractivity contribution in [2.75, 3.05) is 5.32 Å². The molecular weight excluding hydrogens is 435 g/mol. The minimum Gasteiger partial charge on any atom is -0.436 e. The number of rotatable bonds is 4. The molecule has 0 aliphatic heterocycles. The number of carbonyl (C=O) groups is 1. The Labute approximate surface area is 184 Å². The Morgan fingerprint density at radius 2 is 1.76 bits per heavy atom. The molecule has 2 heterocycles. The first kappa shape index (κ1) is 20.4. The highest BCUT2D eigenvalue weighted by Gasteiger charge is 2.30. The van der Waals surface area contributed by atoms with Crippen molar-refractivity contribution in [3.8, 4) is 11.6 Å². The SMILES string of the molecule is O=C(Nc1cccc(Oc2nc3ccccc3n3cnnc23)c1)c1ccc(C(F)(F)F)cc1. The molecule has 1 amide bonds. The molecule has 5 rings (SSSR count). The third kappa shape index (κ3) is 4.05. The van der Waals surface area contributed by atoms with Crippen LogP contribution in [-0.4, -0.2) is 25.5 Å². The second kappa shape index (κ2) is 7.90. The lowest BCUT2D eigenvalue weighted by Crippen LogP contribution is -2.12. The molecule has 0 atom stereocenters. The topological polar surface area (TPSA) is 81.4 Å². The summed E-state index contributed by atoms with van der Waals surface area (Å²) >= 11 is 0. The van der Waals surface area contributed by atoms with E-state index in [4.69, 9.17) is 4.74 Å². The van der Waals surface area contributed by atoms with E-state index in [0.717, 1.165) is 29.8 Å². The van der Waals surface area contributed by atoms with E-state index in [1.54, 1.807) is 35.0 Å². The van der Waals surface area contributed by atoms with E-state index in [0.29, 0.717) is 22.6 Å². The lowest BCUT2D eigenvalue weighted by Gasteiger charge is -2.11. The van der Waals surface area contributed by atoms with E-state index in [-0.39, 0.29) is 11.4 Å². The van der Waals surface area contributed by atoms with Gasteiger partial charge in [-0.25, -0.2) is 4.98 Å². The fraction of sp³-hybridized carbons (Fsp3) is 0.0435. The van der Waals surface area contributed by atoms with Crippen molar-refractivity contribution >= 4 is 28.3 Å². The lowest BCUT2D eigenvalue weighted by molar-refractivity contribution is -0.137. The van der Waals surface area contributed by atoms with Crippen molar-refractivity contribution in [3.05, 3.63) is 90.3 Å². The van der Waals surface area contributed by atoms with Crippen LogP contribution in [0.15, 0.2) is 79.1 Å². The summed E-state index contributed by atoms with van der Waals surface area (Å²) < 4.78 is 45.9. The van der Waals surface area contributed by atoms with Crippen LogP contribution in [0.4, 0.5) is 18.9 Å². The smallest absolute Gasteiger partial charge is 0.416 e. The van der Waals surface area contributed by atoms with E-state index in [1.165, 1.54) is 0 Å². The van der Waals surface area contributed by atoms with Crippen molar-refractivity contribution in [2.24, 2.45) is 0 Å². The van der Waals surface area contributed by atoms with Crippen LogP contribution in [0.3, 0.4) is 0 Å². The monoisotopic (exact) mass is 449 g/mol. The molecule has 5 aromatic rings.